The average Bonchev–Trinajstić information content (AvgIpc) is 3.09. The minimum absolute atomic E-state index is 0.135. The molecule has 3 aliphatic rings. The molecule has 5 heteroatoms. The molecule has 5 nitrogen and oxygen atoms in total. The van der Waals surface area contributed by atoms with Gasteiger partial charge in [-0.3, -0.25) is 0 Å². The van der Waals surface area contributed by atoms with Gasteiger partial charge in [-0.15, -0.1) is 0 Å². The molecule has 0 aromatic carbocycles. The standard InChI is InChI=1S/C16H29N3O2/c1-18-10-7-16(8-11-18)6-3-9-19(16)15(20)17-13-4-5-14(12-13)21-2/h13-14H,3-12H2,1-2H3,(H,17,20)/t13-,14+/m1/s1. The molecule has 3 rings (SSSR count). The minimum atomic E-state index is 0.135. The van der Waals surface area contributed by atoms with Crippen molar-refractivity contribution >= 4 is 6.03 Å². The third-order valence-electron chi connectivity index (χ3n) is 5.80. The van der Waals surface area contributed by atoms with E-state index in [0.717, 1.165) is 58.2 Å². The number of piperidine rings is 1. The first-order valence-corrected chi connectivity index (χ1v) is 8.42. The van der Waals surface area contributed by atoms with Gasteiger partial charge in [-0.25, -0.2) is 4.79 Å². The number of ether oxygens (including phenoxy) is 1. The molecule has 1 aliphatic carbocycles. The van der Waals surface area contributed by atoms with E-state index < -0.39 is 0 Å². The lowest BCUT2D eigenvalue weighted by molar-refractivity contribution is 0.0806. The molecule has 120 valence electrons. The van der Waals surface area contributed by atoms with E-state index >= 15 is 0 Å². The Morgan fingerprint density at radius 1 is 1.19 bits per heavy atom. The molecule has 1 saturated carbocycles. The SMILES string of the molecule is CO[C@H]1CC[C@@H](NC(=O)N2CCCC23CCN(C)CC3)C1. The number of carbonyl (C=O) groups excluding carboxylic acids is 1. The van der Waals surface area contributed by atoms with Crippen molar-refractivity contribution in [2.24, 2.45) is 0 Å². The number of urea groups is 1. The summed E-state index contributed by atoms with van der Waals surface area (Å²) in [4.78, 5) is 17.2. The highest BCUT2D eigenvalue weighted by molar-refractivity contribution is 5.76. The van der Waals surface area contributed by atoms with E-state index in [2.05, 4.69) is 22.2 Å². The van der Waals surface area contributed by atoms with Crippen LogP contribution in [0.4, 0.5) is 4.79 Å². The fourth-order valence-corrected chi connectivity index (χ4v) is 4.35. The van der Waals surface area contributed by atoms with Gasteiger partial charge < -0.3 is 19.9 Å². The number of hydrogen-bond donors (Lipinski definition) is 1. The van der Waals surface area contributed by atoms with Crippen LogP contribution in [0.1, 0.15) is 44.9 Å². The van der Waals surface area contributed by atoms with Crippen LogP contribution in [-0.2, 0) is 4.74 Å². The quantitative estimate of drug-likeness (QED) is 0.845. The van der Waals surface area contributed by atoms with Gasteiger partial charge in [0.1, 0.15) is 0 Å². The van der Waals surface area contributed by atoms with Gasteiger partial charge in [0.2, 0.25) is 0 Å². The van der Waals surface area contributed by atoms with Crippen molar-refractivity contribution in [2.75, 3.05) is 33.8 Å². The molecular weight excluding hydrogens is 266 g/mol. The number of likely N-dealkylation sites (tertiary alicyclic amines) is 2. The molecule has 2 heterocycles. The molecule has 2 aliphatic heterocycles. The van der Waals surface area contributed by atoms with Crippen LogP contribution in [0.25, 0.3) is 0 Å². The maximum atomic E-state index is 12.7. The molecule has 0 unspecified atom stereocenters. The first kappa shape index (κ1) is 15.1. The van der Waals surface area contributed by atoms with Crippen LogP contribution in [0.2, 0.25) is 0 Å². The third kappa shape index (κ3) is 3.04. The first-order chi connectivity index (χ1) is 10.1. The van der Waals surface area contributed by atoms with Crippen molar-refractivity contribution in [3.8, 4) is 0 Å². The Bertz CT molecular complexity index is 380. The van der Waals surface area contributed by atoms with Crippen molar-refractivity contribution in [1.29, 1.82) is 0 Å². The van der Waals surface area contributed by atoms with Gasteiger partial charge in [0.15, 0.2) is 0 Å². The first-order valence-electron chi connectivity index (χ1n) is 8.42. The van der Waals surface area contributed by atoms with E-state index in [4.69, 9.17) is 4.74 Å². The largest absolute Gasteiger partial charge is 0.381 e. The Morgan fingerprint density at radius 2 is 1.95 bits per heavy atom. The van der Waals surface area contributed by atoms with Gasteiger partial charge in [-0.05, 0) is 52.0 Å². The van der Waals surface area contributed by atoms with Gasteiger partial charge in [0.25, 0.3) is 0 Å². The highest BCUT2D eigenvalue weighted by Crippen LogP contribution is 2.38. The molecule has 1 N–H and O–H groups in total. The van der Waals surface area contributed by atoms with Crippen LogP contribution < -0.4 is 5.32 Å². The summed E-state index contributed by atoms with van der Waals surface area (Å²) in [6.07, 6.45) is 8.00. The van der Waals surface area contributed by atoms with Gasteiger partial charge in [-0.1, -0.05) is 0 Å². The summed E-state index contributed by atoms with van der Waals surface area (Å²) in [5.41, 5.74) is 0.135. The normalized spacial score (nSPS) is 32.8. The smallest absolute Gasteiger partial charge is 0.318 e. The van der Waals surface area contributed by atoms with Crippen molar-refractivity contribution in [1.82, 2.24) is 15.1 Å². The fraction of sp³-hybridized carbons (Fsp3) is 0.938. The van der Waals surface area contributed by atoms with Gasteiger partial charge in [0.05, 0.1) is 6.10 Å². The topological polar surface area (TPSA) is 44.8 Å². The lowest BCUT2D eigenvalue weighted by atomic mass is 9.85. The highest BCUT2D eigenvalue weighted by atomic mass is 16.5. The number of carbonyl (C=O) groups is 1. The van der Waals surface area contributed by atoms with Crippen molar-refractivity contribution in [3.63, 3.8) is 0 Å². The van der Waals surface area contributed by atoms with Crippen LogP contribution in [0.5, 0.6) is 0 Å². The average molecular weight is 295 g/mol. The maximum absolute atomic E-state index is 12.7. The summed E-state index contributed by atoms with van der Waals surface area (Å²) < 4.78 is 5.40. The van der Waals surface area contributed by atoms with E-state index in [-0.39, 0.29) is 11.6 Å². The molecular formula is C16H29N3O2. The number of methoxy groups -OCH3 is 1. The maximum Gasteiger partial charge on any atom is 0.318 e. The van der Waals surface area contributed by atoms with Crippen LogP contribution in [-0.4, -0.2) is 67.3 Å². The monoisotopic (exact) mass is 295 g/mol. The van der Waals surface area contributed by atoms with Gasteiger partial charge in [0, 0.05) is 38.3 Å². The molecule has 2 saturated heterocycles. The molecule has 0 bridgehead atoms. The summed E-state index contributed by atoms with van der Waals surface area (Å²) >= 11 is 0. The molecule has 0 radical (unpaired) electrons. The number of nitrogens with one attached hydrogen (secondary N) is 1. The summed E-state index contributed by atoms with van der Waals surface area (Å²) in [5, 5.41) is 3.26. The summed E-state index contributed by atoms with van der Waals surface area (Å²) in [7, 11) is 3.94. The molecule has 21 heavy (non-hydrogen) atoms. The van der Waals surface area contributed by atoms with Gasteiger partial charge >= 0.3 is 6.03 Å². The Labute approximate surface area is 128 Å². The minimum Gasteiger partial charge on any atom is -0.381 e. The number of hydrogen-bond acceptors (Lipinski definition) is 3. The number of nitrogens with zero attached hydrogens (tertiary/aromatic N) is 2. The van der Waals surface area contributed by atoms with Crippen LogP contribution in [0.3, 0.4) is 0 Å². The summed E-state index contributed by atoms with van der Waals surface area (Å²) in [5.74, 6) is 0. The second-order valence-electron chi connectivity index (χ2n) is 7.10. The zero-order valence-corrected chi connectivity index (χ0v) is 13.4. The summed E-state index contributed by atoms with van der Waals surface area (Å²) in [6.45, 7) is 3.15. The van der Waals surface area contributed by atoms with Crippen molar-refractivity contribution in [2.45, 2.75) is 62.6 Å². The zero-order chi connectivity index (χ0) is 14.9. The van der Waals surface area contributed by atoms with Crippen molar-refractivity contribution < 1.29 is 9.53 Å². The molecule has 0 aromatic rings. The zero-order valence-electron chi connectivity index (χ0n) is 13.4. The molecule has 0 aromatic heterocycles. The molecule has 3 fully saturated rings. The lowest BCUT2D eigenvalue weighted by Crippen LogP contribution is -2.57. The second kappa shape index (κ2) is 6.13. The van der Waals surface area contributed by atoms with Crippen LogP contribution in [0.15, 0.2) is 0 Å². The Kier molecular flexibility index (Phi) is 4.41. The third-order valence-corrected chi connectivity index (χ3v) is 5.80. The van der Waals surface area contributed by atoms with Gasteiger partial charge in [-0.2, -0.15) is 0 Å². The Balaban J connectivity index is 1.59. The van der Waals surface area contributed by atoms with E-state index in [0.29, 0.717) is 12.1 Å². The van der Waals surface area contributed by atoms with E-state index in [1.807, 2.05) is 0 Å². The lowest BCUT2D eigenvalue weighted by Gasteiger charge is -2.44. The van der Waals surface area contributed by atoms with E-state index in [9.17, 15) is 4.79 Å². The highest BCUT2D eigenvalue weighted by Gasteiger charge is 2.45. The second-order valence-corrected chi connectivity index (χ2v) is 7.10. The molecule has 2 atom stereocenters. The predicted octanol–water partition coefficient (Wildman–Crippen LogP) is 1.82. The Morgan fingerprint density at radius 3 is 2.62 bits per heavy atom. The van der Waals surface area contributed by atoms with Crippen LogP contribution in [0, 0.1) is 0 Å². The van der Waals surface area contributed by atoms with E-state index in [1.165, 1.54) is 6.42 Å². The number of amides is 2. The van der Waals surface area contributed by atoms with Crippen LogP contribution >= 0.6 is 0 Å². The van der Waals surface area contributed by atoms with Crippen molar-refractivity contribution in [3.05, 3.63) is 0 Å². The molecule has 1 spiro atoms. The number of rotatable bonds is 2. The Hall–Kier alpha value is -0.810. The fourth-order valence-electron chi connectivity index (χ4n) is 4.35. The molecule has 2 amide bonds. The predicted molar refractivity (Wildman–Crippen MR) is 82.4 cm³/mol. The van der Waals surface area contributed by atoms with E-state index in [1.54, 1.807) is 7.11 Å². The summed E-state index contributed by atoms with van der Waals surface area (Å²) in [6, 6.07) is 0.463.